The third kappa shape index (κ3) is 4.97. The molecule has 0 amide bonds. The van der Waals surface area contributed by atoms with Crippen LogP contribution in [0.25, 0.3) is 88.7 Å². The Morgan fingerprint density at radius 2 is 0.917 bits per heavy atom. The van der Waals surface area contributed by atoms with Crippen molar-refractivity contribution in [2.24, 2.45) is 0 Å². The first kappa shape index (κ1) is 27.8. The van der Waals surface area contributed by atoms with Crippen LogP contribution in [-0.4, -0.2) is 19.9 Å². The first-order valence-corrected chi connectivity index (χ1v) is 16.0. The molecule has 0 N–H and O–H groups in total. The van der Waals surface area contributed by atoms with Gasteiger partial charge in [-0.3, -0.25) is 4.98 Å². The summed E-state index contributed by atoms with van der Waals surface area (Å²) in [5.41, 5.74) is 7.27. The summed E-state index contributed by atoms with van der Waals surface area (Å²) in [7, 11) is 0. The Morgan fingerprint density at radius 3 is 1.69 bits per heavy atom. The maximum Gasteiger partial charge on any atom is 0.164 e. The Labute approximate surface area is 278 Å². The molecular formula is C44H28N4. The highest BCUT2D eigenvalue weighted by atomic mass is 15.0. The van der Waals surface area contributed by atoms with Crippen molar-refractivity contribution in [2.75, 3.05) is 0 Å². The zero-order valence-corrected chi connectivity index (χ0v) is 26.0. The molecule has 0 radical (unpaired) electrons. The van der Waals surface area contributed by atoms with Crippen LogP contribution in [-0.2, 0) is 0 Å². The number of fused-ring (bicyclic) bond motifs is 4. The largest absolute Gasteiger partial charge is 0.264 e. The molecule has 2 aromatic heterocycles. The molecule has 0 aliphatic heterocycles. The molecule has 0 saturated heterocycles. The lowest BCUT2D eigenvalue weighted by molar-refractivity contribution is 1.07. The second-order valence-corrected chi connectivity index (χ2v) is 11.9. The lowest BCUT2D eigenvalue weighted by Crippen LogP contribution is -2.00. The quantitative estimate of drug-likeness (QED) is 0.143. The number of benzene rings is 7. The first-order chi connectivity index (χ1) is 23.8. The predicted molar refractivity (Wildman–Crippen MR) is 197 cm³/mol. The van der Waals surface area contributed by atoms with Crippen molar-refractivity contribution < 1.29 is 0 Å². The lowest BCUT2D eigenvalue weighted by atomic mass is 9.89. The van der Waals surface area contributed by atoms with Crippen LogP contribution >= 0.6 is 0 Å². The molecule has 0 unspecified atom stereocenters. The average Bonchev–Trinajstić information content (AvgIpc) is 3.17. The van der Waals surface area contributed by atoms with Gasteiger partial charge in [-0.25, -0.2) is 15.0 Å². The van der Waals surface area contributed by atoms with Crippen molar-refractivity contribution in [3.8, 4) is 56.4 Å². The highest BCUT2D eigenvalue weighted by Crippen LogP contribution is 2.40. The van der Waals surface area contributed by atoms with Gasteiger partial charge in [-0.2, -0.15) is 0 Å². The van der Waals surface area contributed by atoms with Crippen LogP contribution in [0.4, 0.5) is 0 Å². The molecule has 2 heterocycles. The monoisotopic (exact) mass is 612 g/mol. The minimum absolute atomic E-state index is 0.626. The summed E-state index contributed by atoms with van der Waals surface area (Å²) in [6, 6.07) is 55.1. The van der Waals surface area contributed by atoms with Gasteiger partial charge in [-0.1, -0.05) is 140 Å². The Hall–Kier alpha value is -6.52. The van der Waals surface area contributed by atoms with Crippen LogP contribution in [0.2, 0.25) is 0 Å². The molecule has 0 aliphatic rings. The van der Waals surface area contributed by atoms with E-state index in [2.05, 4.69) is 114 Å². The fourth-order valence-electron chi connectivity index (χ4n) is 6.64. The third-order valence-electron chi connectivity index (χ3n) is 8.98. The van der Waals surface area contributed by atoms with Crippen LogP contribution in [0.1, 0.15) is 0 Å². The number of hydrogen-bond donors (Lipinski definition) is 0. The van der Waals surface area contributed by atoms with E-state index in [0.717, 1.165) is 33.4 Å². The van der Waals surface area contributed by atoms with Crippen LogP contribution in [0.3, 0.4) is 0 Å². The van der Waals surface area contributed by atoms with Gasteiger partial charge in [0, 0.05) is 34.6 Å². The average molecular weight is 613 g/mol. The third-order valence-corrected chi connectivity index (χ3v) is 8.98. The van der Waals surface area contributed by atoms with E-state index in [9.17, 15) is 0 Å². The van der Waals surface area contributed by atoms with Crippen LogP contribution < -0.4 is 0 Å². The summed E-state index contributed by atoms with van der Waals surface area (Å²) in [4.78, 5) is 19.3. The number of rotatable bonds is 5. The maximum atomic E-state index is 5.03. The van der Waals surface area contributed by atoms with Crippen molar-refractivity contribution in [2.45, 2.75) is 0 Å². The number of nitrogens with zero attached hydrogens (tertiary/aromatic N) is 4. The summed E-state index contributed by atoms with van der Waals surface area (Å²) in [5, 5.41) is 7.46. The number of hydrogen-bond acceptors (Lipinski definition) is 4. The second-order valence-electron chi connectivity index (χ2n) is 11.9. The molecular weight excluding hydrogens is 585 g/mol. The molecule has 0 spiro atoms. The molecule has 0 saturated carbocycles. The first-order valence-electron chi connectivity index (χ1n) is 16.0. The molecule has 4 heteroatoms. The van der Waals surface area contributed by atoms with E-state index in [1.807, 2.05) is 54.7 Å². The molecule has 0 fully saturated rings. The second kappa shape index (κ2) is 11.7. The van der Waals surface area contributed by atoms with E-state index in [1.54, 1.807) is 6.20 Å². The molecule has 4 nitrogen and oxygen atoms in total. The Kier molecular flexibility index (Phi) is 6.76. The molecule has 0 bridgehead atoms. The smallest absolute Gasteiger partial charge is 0.164 e. The molecule has 224 valence electrons. The summed E-state index contributed by atoms with van der Waals surface area (Å²) in [5.74, 6) is 1.89. The topological polar surface area (TPSA) is 51.6 Å². The molecule has 7 aromatic carbocycles. The highest BCUT2D eigenvalue weighted by Gasteiger charge is 2.15. The van der Waals surface area contributed by atoms with Crippen molar-refractivity contribution in [3.05, 3.63) is 170 Å². The zero-order chi connectivity index (χ0) is 31.9. The van der Waals surface area contributed by atoms with E-state index in [-0.39, 0.29) is 0 Å². The minimum Gasteiger partial charge on any atom is -0.264 e. The van der Waals surface area contributed by atoms with Crippen LogP contribution in [0.15, 0.2) is 170 Å². The fraction of sp³-hybridized carbons (Fsp3) is 0. The normalized spacial score (nSPS) is 11.3. The van der Waals surface area contributed by atoms with Gasteiger partial charge >= 0.3 is 0 Å². The summed E-state index contributed by atoms with van der Waals surface area (Å²) in [6.07, 6.45) is 3.66. The lowest BCUT2D eigenvalue weighted by Gasteiger charge is -2.14. The predicted octanol–water partition coefficient (Wildman–Crippen LogP) is 11.1. The van der Waals surface area contributed by atoms with Crippen molar-refractivity contribution in [1.29, 1.82) is 0 Å². The minimum atomic E-state index is 0.626. The van der Waals surface area contributed by atoms with E-state index >= 15 is 0 Å². The van der Waals surface area contributed by atoms with E-state index in [1.165, 1.54) is 37.9 Å². The van der Waals surface area contributed by atoms with Gasteiger partial charge in [-0.05, 0) is 67.2 Å². The summed E-state index contributed by atoms with van der Waals surface area (Å²) < 4.78 is 0. The Bertz CT molecular complexity index is 2600. The summed E-state index contributed by atoms with van der Waals surface area (Å²) >= 11 is 0. The number of aromatic nitrogens is 4. The van der Waals surface area contributed by atoms with Crippen LogP contribution in [0.5, 0.6) is 0 Å². The standard InChI is InChI=1S/C44H28N4/c1-2-11-31(12-3-1)42-46-43(48-44(47-42)35-15-8-14-33(26-35)36-16-9-25-45-28-36)32-21-19-30(20-22-32)41-38-18-7-5-13-34(38)27-40-37-17-6-4-10-29(37)23-24-39(40)41/h1-28H. The van der Waals surface area contributed by atoms with E-state index < -0.39 is 0 Å². The Balaban J connectivity index is 1.19. The van der Waals surface area contributed by atoms with Crippen molar-refractivity contribution >= 4 is 32.3 Å². The van der Waals surface area contributed by atoms with Crippen molar-refractivity contribution in [3.63, 3.8) is 0 Å². The van der Waals surface area contributed by atoms with Gasteiger partial charge in [0.25, 0.3) is 0 Å². The molecule has 0 aliphatic carbocycles. The van der Waals surface area contributed by atoms with Gasteiger partial charge in [0.2, 0.25) is 0 Å². The van der Waals surface area contributed by atoms with Crippen molar-refractivity contribution in [1.82, 2.24) is 19.9 Å². The summed E-state index contributed by atoms with van der Waals surface area (Å²) in [6.45, 7) is 0. The fourth-order valence-corrected chi connectivity index (χ4v) is 6.64. The van der Waals surface area contributed by atoms with Gasteiger partial charge in [0.1, 0.15) is 0 Å². The highest BCUT2D eigenvalue weighted by molar-refractivity contribution is 6.20. The van der Waals surface area contributed by atoms with Gasteiger partial charge < -0.3 is 0 Å². The van der Waals surface area contributed by atoms with E-state index in [4.69, 9.17) is 15.0 Å². The molecule has 9 rings (SSSR count). The van der Waals surface area contributed by atoms with Gasteiger partial charge in [0.15, 0.2) is 17.5 Å². The number of pyridine rings is 1. The molecule has 48 heavy (non-hydrogen) atoms. The van der Waals surface area contributed by atoms with E-state index in [0.29, 0.717) is 17.5 Å². The van der Waals surface area contributed by atoms with Crippen LogP contribution in [0, 0.1) is 0 Å². The molecule has 0 atom stereocenters. The SMILES string of the molecule is c1ccc(-c2nc(-c3ccc(-c4c5ccccc5cc5c4ccc4ccccc45)cc3)nc(-c3cccc(-c4cccnc4)c3)n2)cc1. The van der Waals surface area contributed by atoms with Gasteiger partial charge in [-0.15, -0.1) is 0 Å². The molecule has 9 aromatic rings. The van der Waals surface area contributed by atoms with Gasteiger partial charge in [0.05, 0.1) is 0 Å². The zero-order valence-electron chi connectivity index (χ0n) is 26.0. The Morgan fingerprint density at radius 1 is 0.312 bits per heavy atom. The maximum absolute atomic E-state index is 5.03.